The molecule has 4 rings (SSSR count). The summed E-state index contributed by atoms with van der Waals surface area (Å²) in [5, 5.41) is 9.04. The summed E-state index contributed by atoms with van der Waals surface area (Å²) in [5.74, 6) is 0.521. The van der Waals surface area contributed by atoms with Crippen molar-refractivity contribution in [1.29, 1.82) is 0 Å². The number of likely N-dealkylation sites (N-methyl/N-ethyl adjacent to an activating group) is 1. The van der Waals surface area contributed by atoms with E-state index in [1.54, 1.807) is 23.3 Å². The number of nitrogens with one attached hydrogen (secondary N) is 1. The van der Waals surface area contributed by atoms with E-state index in [1.165, 1.54) is 0 Å². The lowest BCUT2D eigenvalue weighted by atomic mass is 10.1. The Balaban J connectivity index is 1.48. The molecule has 0 saturated carbocycles. The number of rotatable bonds is 4. The highest BCUT2D eigenvalue weighted by Crippen LogP contribution is 2.22. The van der Waals surface area contributed by atoms with Gasteiger partial charge in [-0.25, -0.2) is 4.98 Å². The largest absolute Gasteiger partial charge is 0.310 e. The van der Waals surface area contributed by atoms with E-state index in [-0.39, 0.29) is 5.91 Å². The topological polar surface area (TPSA) is 79.2 Å². The smallest absolute Gasteiger partial charge is 0.239 e. The van der Waals surface area contributed by atoms with Crippen LogP contribution in [0.5, 0.6) is 0 Å². The number of hydrogen-bond acceptors (Lipinski definition) is 6. The maximum Gasteiger partial charge on any atom is 0.239 e. The predicted molar refractivity (Wildman–Crippen MR) is 109 cm³/mol. The lowest BCUT2D eigenvalue weighted by Crippen LogP contribution is -2.52. The summed E-state index contributed by atoms with van der Waals surface area (Å²) in [4.78, 5) is 25.8. The van der Waals surface area contributed by atoms with Crippen molar-refractivity contribution in [2.45, 2.75) is 13.0 Å². The van der Waals surface area contributed by atoms with Gasteiger partial charge in [0.05, 0.1) is 18.4 Å². The van der Waals surface area contributed by atoms with Crippen molar-refractivity contribution < 1.29 is 4.79 Å². The molecule has 0 bridgehead atoms. The molecular weight excluding hydrogens is 354 g/mol. The zero-order valence-corrected chi connectivity index (χ0v) is 16.5. The number of nitrogens with zero attached hydrogens (tertiary/aromatic N) is 6. The molecule has 0 aromatic carbocycles. The Kier molecular flexibility index (Phi) is 5.06. The fourth-order valence-electron chi connectivity index (χ4n) is 3.60. The Labute approximate surface area is 164 Å². The summed E-state index contributed by atoms with van der Waals surface area (Å²) in [7, 11) is 3.99. The van der Waals surface area contributed by atoms with E-state index in [9.17, 15) is 4.79 Å². The summed E-state index contributed by atoms with van der Waals surface area (Å²) in [6.07, 6.45) is 7.25. The normalized spacial score (nSPS) is 18.5. The Morgan fingerprint density at radius 1 is 1.14 bits per heavy atom. The van der Waals surface area contributed by atoms with Crippen LogP contribution in [0.3, 0.4) is 0 Å². The summed E-state index contributed by atoms with van der Waals surface area (Å²) in [6, 6.07) is 4.25. The molecule has 146 valence electrons. The molecule has 1 amide bonds. The van der Waals surface area contributed by atoms with E-state index in [0.29, 0.717) is 18.4 Å². The molecule has 3 aromatic rings. The third kappa shape index (κ3) is 4.02. The lowest BCUT2D eigenvalue weighted by molar-refractivity contribution is -0.118. The first-order valence-electron chi connectivity index (χ1n) is 9.45. The van der Waals surface area contributed by atoms with Gasteiger partial charge in [0.15, 0.2) is 0 Å². The molecule has 0 radical (unpaired) electrons. The molecule has 3 aromatic heterocycles. The average molecular weight is 379 g/mol. The number of aryl methyl sites for hydroxylation is 1. The minimum absolute atomic E-state index is 0.0372. The highest BCUT2D eigenvalue weighted by Gasteiger charge is 2.23. The monoisotopic (exact) mass is 379 g/mol. The van der Waals surface area contributed by atoms with Crippen LogP contribution in [0.15, 0.2) is 36.9 Å². The van der Waals surface area contributed by atoms with Crippen LogP contribution in [-0.2, 0) is 11.8 Å². The number of hydrogen-bond donors (Lipinski definition) is 1. The zero-order chi connectivity index (χ0) is 19.7. The van der Waals surface area contributed by atoms with Crippen molar-refractivity contribution in [2.75, 3.05) is 38.5 Å². The molecular formula is C20H25N7O. The van der Waals surface area contributed by atoms with Crippen LogP contribution >= 0.6 is 0 Å². The van der Waals surface area contributed by atoms with E-state index in [4.69, 9.17) is 0 Å². The molecule has 0 spiro atoms. The number of amides is 1. The van der Waals surface area contributed by atoms with Crippen LogP contribution in [0.4, 0.5) is 5.82 Å². The summed E-state index contributed by atoms with van der Waals surface area (Å²) >= 11 is 0. The molecule has 8 nitrogen and oxygen atoms in total. The molecule has 1 unspecified atom stereocenters. The van der Waals surface area contributed by atoms with Gasteiger partial charge in [-0.3, -0.25) is 19.4 Å². The highest BCUT2D eigenvalue weighted by atomic mass is 16.2. The van der Waals surface area contributed by atoms with E-state index >= 15 is 0 Å². The van der Waals surface area contributed by atoms with E-state index < -0.39 is 0 Å². The predicted octanol–water partition coefficient (Wildman–Crippen LogP) is 1.60. The number of anilines is 1. The second-order valence-electron chi connectivity index (χ2n) is 7.52. The maximum absolute atomic E-state index is 12.5. The van der Waals surface area contributed by atoms with Crippen molar-refractivity contribution in [3.8, 4) is 11.3 Å². The molecule has 8 heteroatoms. The van der Waals surface area contributed by atoms with Crippen LogP contribution in [0.25, 0.3) is 22.0 Å². The number of piperazine rings is 1. The molecule has 1 aliphatic heterocycles. The Morgan fingerprint density at radius 2 is 1.96 bits per heavy atom. The second kappa shape index (κ2) is 7.65. The van der Waals surface area contributed by atoms with Crippen LogP contribution in [0.1, 0.15) is 6.92 Å². The first kappa shape index (κ1) is 18.5. The van der Waals surface area contributed by atoms with Gasteiger partial charge in [-0.2, -0.15) is 5.10 Å². The summed E-state index contributed by atoms with van der Waals surface area (Å²) in [5.41, 5.74) is 1.80. The number of carbonyl (C=O) groups is 1. The molecule has 0 aliphatic carbocycles. The van der Waals surface area contributed by atoms with Crippen molar-refractivity contribution in [3.63, 3.8) is 0 Å². The highest BCUT2D eigenvalue weighted by molar-refractivity contribution is 5.94. The zero-order valence-electron chi connectivity index (χ0n) is 16.5. The van der Waals surface area contributed by atoms with Crippen LogP contribution < -0.4 is 5.32 Å². The summed E-state index contributed by atoms with van der Waals surface area (Å²) in [6.45, 7) is 5.40. The molecule has 1 atom stereocenters. The third-order valence-electron chi connectivity index (χ3n) is 5.19. The van der Waals surface area contributed by atoms with Crippen LogP contribution in [0.2, 0.25) is 0 Å². The number of pyridine rings is 2. The van der Waals surface area contributed by atoms with Gasteiger partial charge in [0.1, 0.15) is 5.82 Å². The number of carbonyl (C=O) groups excluding carboxylic acids is 1. The van der Waals surface area contributed by atoms with Gasteiger partial charge >= 0.3 is 0 Å². The minimum Gasteiger partial charge on any atom is -0.310 e. The Morgan fingerprint density at radius 3 is 2.71 bits per heavy atom. The SMILES string of the molecule is CC1CN(C)CCN1CC(=O)Nc1cc2cc(-c3cnn(C)c3)ncc2cn1. The number of fused-ring (bicyclic) bond motifs is 1. The fraction of sp³-hybridized carbons (Fsp3) is 0.400. The Bertz CT molecular complexity index is 999. The van der Waals surface area contributed by atoms with Gasteiger partial charge in [-0.05, 0) is 31.5 Å². The molecule has 4 heterocycles. The fourth-order valence-corrected chi connectivity index (χ4v) is 3.60. The van der Waals surface area contributed by atoms with Crippen molar-refractivity contribution >= 4 is 22.5 Å². The van der Waals surface area contributed by atoms with Crippen molar-refractivity contribution in [2.24, 2.45) is 7.05 Å². The minimum atomic E-state index is -0.0372. The second-order valence-corrected chi connectivity index (χ2v) is 7.52. The van der Waals surface area contributed by atoms with Crippen LogP contribution in [0, 0.1) is 0 Å². The van der Waals surface area contributed by atoms with Gasteiger partial charge < -0.3 is 10.2 Å². The van der Waals surface area contributed by atoms with Crippen LogP contribution in [-0.4, -0.2) is 74.7 Å². The van der Waals surface area contributed by atoms with E-state index in [0.717, 1.165) is 41.7 Å². The molecule has 1 aliphatic rings. The van der Waals surface area contributed by atoms with Crippen molar-refractivity contribution in [1.82, 2.24) is 29.5 Å². The first-order valence-corrected chi connectivity index (χ1v) is 9.45. The molecule has 1 N–H and O–H groups in total. The lowest BCUT2D eigenvalue weighted by Gasteiger charge is -2.37. The Hall–Kier alpha value is -2.84. The van der Waals surface area contributed by atoms with Gasteiger partial charge in [-0.1, -0.05) is 0 Å². The van der Waals surface area contributed by atoms with Gasteiger partial charge in [0, 0.05) is 62.3 Å². The number of aromatic nitrogens is 4. The van der Waals surface area contributed by atoms with Gasteiger partial charge in [0.25, 0.3) is 0 Å². The van der Waals surface area contributed by atoms with Gasteiger partial charge in [-0.15, -0.1) is 0 Å². The van der Waals surface area contributed by atoms with Crippen molar-refractivity contribution in [3.05, 3.63) is 36.9 Å². The first-order chi connectivity index (χ1) is 13.5. The third-order valence-corrected chi connectivity index (χ3v) is 5.19. The quantitative estimate of drug-likeness (QED) is 0.742. The standard InChI is InChI=1S/C20H25N7O/c1-14-11-25(2)4-5-27(14)13-20(28)24-19-7-15-6-18(17-10-23-26(3)12-17)21-8-16(15)9-22-19/h6-10,12,14H,4-5,11,13H2,1-3H3,(H,22,24,28). The molecule has 1 fully saturated rings. The van der Waals surface area contributed by atoms with Gasteiger partial charge in [0.2, 0.25) is 5.91 Å². The average Bonchev–Trinajstić information content (AvgIpc) is 3.10. The van der Waals surface area contributed by atoms with E-state index in [2.05, 4.69) is 44.2 Å². The maximum atomic E-state index is 12.5. The summed E-state index contributed by atoms with van der Waals surface area (Å²) < 4.78 is 1.75. The van der Waals surface area contributed by atoms with E-state index in [1.807, 2.05) is 25.4 Å². The molecule has 1 saturated heterocycles. The molecule has 28 heavy (non-hydrogen) atoms.